The van der Waals surface area contributed by atoms with E-state index in [0.29, 0.717) is 12.5 Å². The first-order valence-electron chi connectivity index (χ1n) is 10.5. The van der Waals surface area contributed by atoms with Gasteiger partial charge < -0.3 is 10.6 Å². The summed E-state index contributed by atoms with van der Waals surface area (Å²) in [5.41, 5.74) is 1.20. The molecule has 2 rings (SSSR count). The molecule has 0 spiro atoms. The maximum Gasteiger partial charge on any atom is 0.242 e. The molecule has 0 heterocycles. The summed E-state index contributed by atoms with van der Waals surface area (Å²) in [5, 5.41) is 6.02. The molecule has 1 saturated carbocycles. The monoisotopic (exact) mass is 372 g/mol. The molecule has 0 aromatic heterocycles. The Balaban J connectivity index is 1.81. The number of rotatable bonds is 8. The smallest absolute Gasteiger partial charge is 0.242 e. The Morgan fingerprint density at radius 1 is 1.00 bits per heavy atom. The van der Waals surface area contributed by atoms with Gasteiger partial charge in [-0.3, -0.25) is 9.59 Å². The van der Waals surface area contributed by atoms with Crippen LogP contribution in [0.2, 0.25) is 0 Å². The van der Waals surface area contributed by atoms with Crippen molar-refractivity contribution in [2.45, 2.75) is 65.8 Å². The minimum Gasteiger partial charge on any atom is -0.354 e. The van der Waals surface area contributed by atoms with Crippen LogP contribution in [0, 0.1) is 23.7 Å². The normalized spacial score (nSPS) is 21.1. The molecular formula is C23H36N2O2. The maximum absolute atomic E-state index is 12.7. The molecule has 1 atom stereocenters. The van der Waals surface area contributed by atoms with Crippen LogP contribution in [0.1, 0.15) is 58.9 Å². The van der Waals surface area contributed by atoms with Crippen molar-refractivity contribution in [1.82, 2.24) is 10.6 Å². The molecule has 4 heteroatoms. The van der Waals surface area contributed by atoms with Crippen molar-refractivity contribution >= 4 is 11.8 Å². The molecule has 1 aromatic carbocycles. The summed E-state index contributed by atoms with van der Waals surface area (Å²) < 4.78 is 0. The molecule has 0 bridgehead atoms. The highest BCUT2D eigenvalue weighted by molar-refractivity contribution is 5.88. The van der Waals surface area contributed by atoms with Crippen LogP contribution in [-0.4, -0.2) is 24.4 Å². The zero-order chi connectivity index (χ0) is 19.8. The van der Waals surface area contributed by atoms with Crippen LogP contribution in [-0.2, 0) is 16.0 Å². The van der Waals surface area contributed by atoms with Crippen molar-refractivity contribution < 1.29 is 9.59 Å². The summed E-state index contributed by atoms with van der Waals surface area (Å²) in [6.07, 6.45) is 4.91. The number of hydrogen-bond acceptors (Lipinski definition) is 2. The lowest BCUT2D eigenvalue weighted by Crippen LogP contribution is -2.51. The van der Waals surface area contributed by atoms with E-state index in [1.54, 1.807) is 0 Å². The van der Waals surface area contributed by atoms with E-state index in [2.05, 4.69) is 36.6 Å². The number of hydrogen-bond donors (Lipinski definition) is 2. The first-order valence-corrected chi connectivity index (χ1v) is 10.5. The molecule has 150 valence electrons. The van der Waals surface area contributed by atoms with Crippen LogP contribution in [0.5, 0.6) is 0 Å². The van der Waals surface area contributed by atoms with Gasteiger partial charge in [-0.25, -0.2) is 0 Å². The van der Waals surface area contributed by atoms with Gasteiger partial charge in [0, 0.05) is 12.5 Å². The summed E-state index contributed by atoms with van der Waals surface area (Å²) in [6, 6.07) is 9.64. The van der Waals surface area contributed by atoms with Gasteiger partial charge in [-0.15, -0.1) is 0 Å². The second kappa shape index (κ2) is 10.5. The minimum atomic E-state index is -0.462. The van der Waals surface area contributed by atoms with Crippen LogP contribution >= 0.6 is 0 Å². The minimum absolute atomic E-state index is 0.0501. The molecule has 27 heavy (non-hydrogen) atoms. The van der Waals surface area contributed by atoms with E-state index in [1.807, 2.05) is 32.0 Å². The summed E-state index contributed by atoms with van der Waals surface area (Å²) in [4.78, 5) is 25.3. The van der Waals surface area contributed by atoms with E-state index < -0.39 is 6.04 Å². The van der Waals surface area contributed by atoms with Gasteiger partial charge in [-0.2, -0.15) is 0 Å². The molecule has 2 amide bonds. The summed E-state index contributed by atoms with van der Waals surface area (Å²) >= 11 is 0. The second-order valence-corrected chi connectivity index (χ2v) is 8.61. The van der Waals surface area contributed by atoms with E-state index in [1.165, 1.54) is 5.56 Å². The van der Waals surface area contributed by atoms with E-state index in [4.69, 9.17) is 0 Å². The molecule has 1 aliphatic rings. The van der Waals surface area contributed by atoms with E-state index in [9.17, 15) is 9.59 Å². The Hall–Kier alpha value is -1.84. The van der Waals surface area contributed by atoms with Crippen molar-refractivity contribution in [1.29, 1.82) is 0 Å². The van der Waals surface area contributed by atoms with Gasteiger partial charge in [0.15, 0.2) is 0 Å². The molecule has 4 nitrogen and oxygen atoms in total. The summed E-state index contributed by atoms with van der Waals surface area (Å²) in [6.45, 7) is 9.08. The quantitative estimate of drug-likeness (QED) is 0.726. The van der Waals surface area contributed by atoms with Gasteiger partial charge in [-0.1, -0.05) is 58.0 Å². The first kappa shape index (κ1) is 21.5. The molecule has 0 aliphatic heterocycles. The zero-order valence-corrected chi connectivity index (χ0v) is 17.3. The molecule has 1 aliphatic carbocycles. The maximum atomic E-state index is 12.7. The fourth-order valence-electron chi connectivity index (χ4n) is 3.94. The van der Waals surface area contributed by atoms with Crippen LogP contribution in [0.4, 0.5) is 0 Å². The van der Waals surface area contributed by atoms with Gasteiger partial charge in [0.2, 0.25) is 11.8 Å². The average molecular weight is 373 g/mol. The highest BCUT2D eigenvalue weighted by atomic mass is 16.2. The zero-order valence-electron chi connectivity index (χ0n) is 17.3. The lowest BCUT2D eigenvalue weighted by molar-refractivity contribution is -0.133. The third-order valence-corrected chi connectivity index (χ3v) is 5.89. The lowest BCUT2D eigenvalue weighted by atomic mass is 9.76. The van der Waals surface area contributed by atoms with Crippen molar-refractivity contribution in [3.8, 4) is 0 Å². The molecule has 0 saturated heterocycles. The predicted molar refractivity (Wildman–Crippen MR) is 110 cm³/mol. The standard InChI is InChI=1S/C23H36N2O2/c1-16(2)19-10-12-20(13-11-19)22(26)25-21(17(3)4)23(27)24-15-14-18-8-6-5-7-9-18/h5-9,16-17,19-21H,10-15H2,1-4H3,(H,24,27)(H,25,26)/t19?,20?,21-/m1/s1. The van der Waals surface area contributed by atoms with E-state index in [0.717, 1.165) is 38.0 Å². The third-order valence-electron chi connectivity index (χ3n) is 5.89. The Bertz CT molecular complexity index is 590. The van der Waals surface area contributed by atoms with Gasteiger partial charge in [0.25, 0.3) is 0 Å². The van der Waals surface area contributed by atoms with Gasteiger partial charge in [0.05, 0.1) is 0 Å². The Kier molecular flexibility index (Phi) is 8.33. The molecule has 1 fully saturated rings. The highest BCUT2D eigenvalue weighted by Crippen LogP contribution is 2.33. The van der Waals surface area contributed by atoms with Crippen molar-refractivity contribution in [3.63, 3.8) is 0 Å². The Morgan fingerprint density at radius 3 is 2.19 bits per heavy atom. The summed E-state index contributed by atoms with van der Waals surface area (Å²) in [7, 11) is 0. The SMILES string of the molecule is CC(C)C1CCC(C(=O)N[C@@H](C(=O)NCCc2ccccc2)C(C)C)CC1. The lowest BCUT2D eigenvalue weighted by Gasteiger charge is -2.31. The average Bonchev–Trinajstić information content (AvgIpc) is 2.66. The largest absolute Gasteiger partial charge is 0.354 e. The molecule has 2 N–H and O–H groups in total. The highest BCUT2D eigenvalue weighted by Gasteiger charge is 2.31. The van der Waals surface area contributed by atoms with Crippen LogP contribution in [0.25, 0.3) is 0 Å². The molecule has 0 radical (unpaired) electrons. The Morgan fingerprint density at radius 2 is 1.63 bits per heavy atom. The number of carbonyl (C=O) groups is 2. The van der Waals surface area contributed by atoms with Crippen molar-refractivity contribution in [3.05, 3.63) is 35.9 Å². The van der Waals surface area contributed by atoms with Crippen LogP contribution in [0.3, 0.4) is 0 Å². The van der Waals surface area contributed by atoms with Crippen molar-refractivity contribution in [2.24, 2.45) is 23.7 Å². The van der Waals surface area contributed by atoms with Crippen LogP contribution < -0.4 is 10.6 Å². The van der Waals surface area contributed by atoms with Crippen LogP contribution in [0.15, 0.2) is 30.3 Å². The summed E-state index contributed by atoms with van der Waals surface area (Å²) in [5.74, 6) is 1.51. The van der Waals surface area contributed by atoms with Gasteiger partial charge >= 0.3 is 0 Å². The third kappa shape index (κ3) is 6.67. The number of amides is 2. The number of nitrogens with one attached hydrogen (secondary N) is 2. The van der Waals surface area contributed by atoms with E-state index >= 15 is 0 Å². The fraction of sp³-hybridized carbons (Fsp3) is 0.652. The second-order valence-electron chi connectivity index (χ2n) is 8.61. The molecular weight excluding hydrogens is 336 g/mol. The molecule has 1 aromatic rings. The number of carbonyl (C=O) groups excluding carboxylic acids is 2. The number of benzene rings is 1. The van der Waals surface area contributed by atoms with Gasteiger partial charge in [-0.05, 0) is 55.4 Å². The Labute approximate surface area is 164 Å². The molecule has 0 unspecified atom stereocenters. The van der Waals surface area contributed by atoms with Gasteiger partial charge in [0.1, 0.15) is 6.04 Å². The fourth-order valence-corrected chi connectivity index (χ4v) is 3.94. The predicted octanol–water partition coefficient (Wildman–Crippen LogP) is 3.95. The first-order chi connectivity index (χ1) is 12.9. The topological polar surface area (TPSA) is 58.2 Å². The van der Waals surface area contributed by atoms with Crippen molar-refractivity contribution in [2.75, 3.05) is 6.54 Å². The van der Waals surface area contributed by atoms with E-state index in [-0.39, 0.29) is 23.7 Å².